The Morgan fingerprint density at radius 1 is 1.14 bits per heavy atom. The second kappa shape index (κ2) is 7.87. The monoisotopic (exact) mass is 303 g/mol. The molecule has 1 amide bonds. The summed E-state index contributed by atoms with van der Waals surface area (Å²) in [6.07, 6.45) is 0.691. The first-order chi connectivity index (χ1) is 10.7. The van der Waals surface area contributed by atoms with E-state index in [0.29, 0.717) is 0 Å². The number of ether oxygens (including phenoxy) is 2. The third-order valence-corrected chi connectivity index (χ3v) is 2.82. The first kappa shape index (κ1) is 15.6. The molecule has 1 N–H and O–H groups in total. The number of alkyl carbamates (subject to hydrolysis) is 1. The summed E-state index contributed by atoms with van der Waals surface area (Å²) >= 11 is 0. The van der Waals surface area contributed by atoms with E-state index in [1.807, 2.05) is 30.3 Å². The first-order valence-corrected chi connectivity index (χ1v) is 6.88. The summed E-state index contributed by atoms with van der Waals surface area (Å²) in [5, 5.41) is 2.44. The van der Waals surface area contributed by atoms with Gasteiger partial charge in [-0.25, -0.2) is 9.59 Å². The quantitative estimate of drug-likeness (QED) is 0.830. The fraction of sp³-hybridized carbons (Fsp3) is 0.250. The lowest BCUT2D eigenvalue weighted by atomic mass is 10.2. The van der Waals surface area contributed by atoms with Crippen LogP contribution >= 0.6 is 0 Å². The van der Waals surface area contributed by atoms with E-state index >= 15 is 0 Å². The van der Waals surface area contributed by atoms with E-state index in [1.54, 1.807) is 19.1 Å². The average molecular weight is 303 g/mol. The summed E-state index contributed by atoms with van der Waals surface area (Å²) in [5.41, 5.74) is 0.850. The fourth-order valence-corrected chi connectivity index (χ4v) is 1.81. The molecule has 0 spiro atoms. The van der Waals surface area contributed by atoms with Gasteiger partial charge in [-0.3, -0.25) is 0 Å². The summed E-state index contributed by atoms with van der Waals surface area (Å²) in [4.78, 5) is 23.7. The summed E-state index contributed by atoms with van der Waals surface area (Å²) in [7, 11) is 0. The maximum absolute atomic E-state index is 11.9. The molecule has 22 heavy (non-hydrogen) atoms. The summed E-state index contributed by atoms with van der Waals surface area (Å²) < 4.78 is 15.2. The standard InChI is InChI=1S/C16H17NO5/c1-2-20-15(18)14(13-9-6-10-21-13)17-16(19)22-11-12-7-4-3-5-8-12/h3-10,14H,2,11H2,1H3,(H,17,19)/t14-/m0/s1. The molecule has 0 bridgehead atoms. The number of hydrogen-bond acceptors (Lipinski definition) is 5. The minimum atomic E-state index is -1.03. The Balaban J connectivity index is 1.95. The molecule has 0 saturated heterocycles. The van der Waals surface area contributed by atoms with Crippen molar-refractivity contribution in [2.75, 3.05) is 6.61 Å². The van der Waals surface area contributed by atoms with Crippen molar-refractivity contribution in [2.45, 2.75) is 19.6 Å². The molecule has 2 aromatic rings. The zero-order valence-electron chi connectivity index (χ0n) is 12.2. The van der Waals surface area contributed by atoms with E-state index in [9.17, 15) is 9.59 Å². The molecular formula is C16H17NO5. The molecule has 1 atom stereocenters. The Hall–Kier alpha value is -2.76. The molecular weight excluding hydrogens is 286 g/mol. The number of carbonyl (C=O) groups excluding carboxylic acids is 2. The number of benzene rings is 1. The van der Waals surface area contributed by atoms with Crippen LogP contribution in [0.4, 0.5) is 4.79 Å². The van der Waals surface area contributed by atoms with Crippen molar-refractivity contribution >= 4 is 12.1 Å². The largest absolute Gasteiger partial charge is 0.467 e. The summed E-state index contributed by atoms with van der Waals surface area (Å²) in [5.74, 6) is -0.316. The molecule has 1 aromatic carbocycles. The van der Waals surface area contributed by atoms with Gasteiger partial charge in [-0.05, 0) is 24.6 Å². The van der Waals surface area contributed by atoms with E-state index in [0.717, 1.165) is 5.56 Å². The van der Waals surface area contributed by atoms with Crippen molar-refractivity contribution in [3.05, 3.63) is 60.1 Å². The molecule has 0 fully saturated rings. The third kappa shape index (κ3) is 4.37. The number of carbonyl (C=O) groups is 2. The molecule has 0 aliphatic rings. The lowest BCUT2D eigenvalue weighted by molar-refractivity contribution is -0.146. The van der Waals surface area contributed by atoms with Gasteiger partial charge < -0.3 is 19.2 Å². The van der Waals surface area contributed by atoms with Crippen LogP contribution in [0.3, 0.4) is 0 Å². The molecule has 6 heteroatoms. The lowest BCUT2D eigenvalue weighted by Crippen LogP contribution is -2.35. The predicted molar refractivity (Wildman–Crippen MR) is 77.8 cm³/mol. The number of hydrogen-bond donors (Lipinski definition) is 1. The van der Waals surface area contributed by atoms with Gasteiger partial charge in [0.15, 0.2) is 6.04 Å². The van der Waals surface area contributed by atoms with Crippen LogP contribution in [0.1, 0.15) is 24.3 Å². The first-order valence-electron chi connectivity index (χ1n) is 6.88. The highest BCUT2D eigenvalue weighted by atomic mass is 16.6. The fourth-order valence-electron chi connectivity index (χ4n) is 1.81. The Bertz CT molecular complexity index is 594. The van der Waals surface area contributed by atoms with E-state index in [1.165, 1.54) is 6.26 Å². The van der Waals surface area contributed by atoms with Crippen LogP contribution < -0.4 is 5.32 Å². The maximum Gasteiger partial charge on any atom is 0.408 e. The Morgan fingerprint density at radius 3 is 2.55 bits per heavy atom. The SMILES string of the molecule is CCOC(=O)[C@@H](NC(=O)OCc1ccccc1)c1ccco1. The smallest absolute Gasteiger partial charge is 0.408 e. The van der Waals surface area contributed by atoms with Crippen molar-refractivity contribution in [2.24, 2.45) is 0 Å². The van der Waals surface area contributed by atoms with E-state index in [2.05, 4.69) is 5.32 Å². The number of esters is 1. The van der Waals surface area contributed by atoms with Crippen molar-refractivity contribution in [1.82, 2.24) is 5.32 Å². The molecule has 0 radical (unpaired) electrons. The van der Waals surface area contributed by atoms with E-state index in [-0.39, 0.29) is 19.0 Å². The number of rotatable bonds is 6. The van der Waals surface area contributed by atoms with Crippen LogP contribution in [-0.2, 0) is 20.9 Å². The normalized spacial score (nSPS) is 11.5. The lowest BCUT2D eigenvalue weighted by Gasteiger charge is -2.15. The second-order valence-corrected chi connectivity index (χ2v) is 4.41. The van der Waals surface area contributed by atoms with Crippen molar-refractivity contribution in [3.63, 3.8) is 0 Å². The molecule has 6 nitrogen and oxygen atoms in total. The van der Waals surface area contributed by atoms with Gasteiger partial charge in [-0.15, -0.1) is 0 Å². The zero-order chi connectivity index (χ0) is 15.8. The van der Waals surface area contributed by atoms with Gasteiger partial charge in [-0.2, -0.15) is 0 Å². The highest BCUT2D eigenvalue weighted by Crippen LogP contribution is 2.15. The van der Waals surface area contributed by atoms with Gasteiger partial charge in [0.05, 0.1) is 12.9 Å². The molecule has 1 aromatic heterocycles. The number of furan rings is 1. The molecule has 0 aliphatic carbocycles. The Morgan fingerprint density at radius 2 is 1.91 bits per heavy atom. The second-order valence-electron chi connectivity index (χ2n) is 4.41. The molecule has 0 saturated carbocycles. The minimum Gasteiger partial charge on any atom is -0.467 e. The van der Waals surface area contributed by atoms with Gasteiger partial charge in [0.25, 0.3) is 0 Å². The molecule has 0 aliphatic heterocycles. The van der Waals surface area contributed by atoms with Crippen LogP contribution in [-0.4, -0.2) is 18.7 Å². The highest BCUT2D eigenvalue weighted by Gasteiger charge is 2.27. The van der Waals surface area contributed by atoms with Gasteiger partial charge in [-0.1, -0.05) is 30.3 Å². The minimum absolute atomic E-state index is 0.111. The average Bonchev–Trinajstić information content (AvgIpc) is 3.06. The Kier molecular flexibility index (Phi) is 5.59. The molecule has 2 rings (SSSR count). The number of nitrogens with one attached hydrogen (secondary N) is 1. The van der Waals surface area contributed by atoms with Gasteiger partial charge >= 0.3 is 12.1 Å². The van der Waals surface area contributed by atoms with Crippen LogP contribution in [0.5, 0.6) is 0 Å². The third-order valence-electron chi connectivity index (χ3n) is 2.82. The zero-order valence-corrected chi connectivity index (χ0v) is 12.2. The van der Waals surface area contributed by atoms with Gasteiger partial charge in [0.1, 0.15) is 12.4 Å². The van der Waals surface area contributed by atoms with Crippen molar-refractivity contribution < 1.29 is 23.5 Å². The van der Waals surface area contributed by atoms with Crippen LogP contribution in [0.2, 0.25) is 0 Å². The topological polar surface area (TPSA) is 77.8 Å². The molecule has 0 unspecified atom stereocenters. The highest BCUT2D eigenvalue weighted by molar-refractivity contribution is 5.82. The molecule has 116 valence electrons. The number of amides is 1. The molecule has 1 heterocycles. The van der Waals surface area contributed by atoms with E-state index < -0.39 is 18.1 Å². The Labute approximate surface area is 128 Å². The van der Waals surface area contributed by atoms with Crippen LogP contribution in [0.15, 0.2) is 53.1 Å². The maximum atomic E-state index is 11.9. The van der Waals surface area contributed by atoms with Crippen LogP contribution in [0.25, 0.3) is 0 Å². The summed E-state index contributed by atoms with van der Waals surface area (Å²) in [6, 6.07) is 11.4. The van der Waals surface area contributed by atoms with E-state index in [4.69, 9.17) is 13.9 Å². The van der Waals surface area contributed by atoms with Gasteiger partial charge in [0, 0.05) is 0 Å². The van der Waals surface area contributed by atoms with Crippen LogP contribution in [0, 0.1) is 0 Å². The predicted octanol–water partition coefficient (Wildman–Crippen LogP) is 2.81. The van der Waals surface area contributed by atoms with Crippen molar-refractivity contribution in [1.29, 1.82) is 0 Å². The summed E-state index contributed by atoms with van der Waals surface area (Å²) in [6.45, 7) is 2.00. The van der Waals surface area contributed by atoms with Gasteiger partial charge in [0.2, 0.25) is 0 Å². The van der Waals surface area contributed by atoms with Crippen molar-refractivity contribution in [3.8, 4) is 0 Å².